The van der Waals surface area contributed by atoms with Crippen molar-refractivity contribution in [1.29, 1.82) is 0 Å². The number of fused-ring (bicyclic) bond motifs is 1. The zero-order valence-corrected chi connectivity index (χ0v) is 4.24. The molecule has 42 valence electrons. The molecule has 0 fully saturated rings. The summed E-state index contributed by atoms with van der Waals surface area (Å²) < 4.78 is 6.76. The van der Waals surface area contributed by atoms with Gasteiger partial charge in [-0.05, 0) is 0 Å². The normalized spacial score (nSPS) is 15.5. The van der Waals surface area contributed by atoms with Crippen LogP contribution in [0.15, 0.2) is 6.33 Å². The van der Waals surface area contributed by atoms with Gasteiger partial charge in [-0.2, -0.15) is 10.1 Å². The van der Waals surface area contributed by atoms with E-state index in [-0.39, 0.29) is 0 Å². The molecule has 0 spiro atoms. The Labute approximate surface area is 46.1 Å². The van der Waals surface area contributed by atoms with Crippen molar-refractivity contribution in [3.63, 3.8) is 0 Å². The van der Waals surface area contributed by atoms with Gasteiger partial charge in [-0.25, -0.2) is 4.68 Å². The van der Waals surface area contributed by atoms with Crippen LogP contribution in [-0.4, -0.2) is 21.4 Å². The van der Waals surface area contributed by atoms with Crippen molar-refractivity contribution in [3.05, 3.63) is 6.33 Å². The maximum atomic E-state index is 5.03. The summed E-state index contributed by atoms with van der Waals surface area (Å²) in [5.41, 5.74) is 0. The van der Waals surface area contributed by atoms with Crippen LogP contribution in [0.25, 0.3) is 0 Å². The summed E-state index contributed by atoms with van der Waals surface area (Å²) in [5, 5.41) is 3.88. The van der Waals surface area contributed by atoms with E-state index in [9.17, 15) is 0 Å². The molecular weight excluding hydrogens is 106 g/mol. The van der Waals surface area contributed by atoms with Crippen LogP contribution < -0.4 is 4.74 Å². The lowest BCUT2D eigenvalue weighted by atomic mass is 10.7. The minimum Gasteiger partial charge on any atom is -0.462 e. The summed E-state index contributed by atoms with van der Waals surface area (Å²) >= 11 is 0. The molecular formula is C4H5N3O. The van der Waals surface area contributed by atoms with Crippen molar-refractivity contribution >= 4 is 0 Å². The van der Waals surface area contributed by atoms with Gasteiger partial charge in [0.1, 0.15) is 12.9 Å². The van der Waals surface area contributed by atoms with E-state index in [2.05, 4.69) is 10.1 Å². The quantitative estimate of drug-likeness (QED) is 0.460. The molecule has 4 heteroatoms. The number of aromatic nitrogens is 3. The van der Waals surface area contributed by atoms with E-state index in [4.69, 9.17) is 4.74 Å². The fraction of sp³-hybridized carbons (Fsp3) is 0.500. The Hall–Kier alpha value is -1.06. The first kappa shape index (κ1) is 3.88. The lowest BCUT2D eigenvalue weighted by molar-refractivity contribution is 0.345. The van der Waals surface area contributed by atoms with Gasteiger partial charge in [0.25, 0.3) is 0 Å². The Morgan fingerprint density at radius 3 is 3.62 bits per heavy atom. The number of hydrogen-bond acceptors (Lipinski definition) is 3. The molecule has 1 aliphatic heterocycles. The number of hydrogen-bond donors (Lipinski definition) is 0. The number of rotatable bonds is 0. The highest BCUT2D eigenvalue weighted by atomic mass is 16.5. The number of nitrogens with zero attached hydrogens (tertiary/aromatic N) is 3. The Morgan fingerprint density at radius 2 is 2.75 bits per heavy atom. The summed E-state index contributed by atoms with van der Waals surface area (Å²) in [6.45, 7) is 1.56. The molecule has 0 saturated heterocycles. The molecule has 0 N–H and O–H groups in total. The van der Waals surface area contributed by atoms with E-state index in [1.54, 1.807) is 4.68 Å². The second-order valence-corrected chi connectivity index (χ2v) is 1.61. The molecule has 1 aromatic rings. The van der Waals surface area contributed by atoms with Crippen LogP contribution in [-0.2, 0) is 6.54 Å². The first-order valence-electron chi connectivity index (χ1n) is 2.47. The molecule has 2 heterocycles. The number of ether oxygens (including phenoxy) is 1. The molecule has 0 atom stereocenters. The zero-order valence-electron chi connectivity index (χ0n) is 4.24. The molecule has 8 heavy (non-hydrogen) atoms. The molecule has 0 bridgehead atoms. The van der Waals surface area contributed by atoms with Gasteiger partial charge >= 0.3 is 6.01 Å². The van der Waals surface area contributed by atoms with E-state index in [1.807, 2.05) is 0 Å². The van der Waals surface area contributed by atoms with E-state index >= 15 is 0 Å². The highest BCUT2D eigenvalue weighted by molar-refractivity contribution is 4.94. The van der Waals surface area contributed by atoms with Gasteiger partial charge in [0.15, 0.2) is 0 Å². The van der Waals surface area contributed by atoms with Gasteiger partial charge in [0.2, 0.25) is 0 Å². The molecule has 0 saturated carbocycles. The summed E-state index contributed by atoms with van der Waals surface area (Å²) in [4.78, 5) is 3.83. The Bertz CT molecular complexity index is 176. The van der Waals surface area contributed by atoms with E-state index in [0.29, 0.717) is 6.01 Å². The van der Waals surface area contributed by atoms with E-state index < -0.39 is 0 Å². The smallest absolute Gasteiger partial charge is 0.314 e. The van der Waals surface area contributed by atoms with Gasteiger partial charge in [0.05, 0.1) is 6.54 Å². The zero-order chi connectivity index (χ0) is 5.40. The predicted molar refractivity (Wildman–Crippen MR) is 25.5 cm³/mol. The summed E-state index contributed by atoms with van der Waals surface area (Å²) in [5.74, 6) is 0. The van der Waals surface area contributed by atoms with Gasteiger partial charge in [-0.1, -0.05) is 0 Å². The Balaban J connectivity index is 2.54. The van der Waals surface area contributed by atoms with Crippen LogP contribution in [0, 0.1) is 0 Å². The molecule has 0 unspecified atom stereocenters. The topological polar surface area (TPSA) is 39.9 Å². The standard InChI is InChI=1S/C4H5N3O/c1-2-8-4-5-3-6-7(1)4/h3H,1-2H2. The molecule has 4 nitrogen and oxygen atoms in total. The van der Waals surface area contributed by atoms with Crippen LogP contribution in [0.5, 0.6) is 6.01 Å². The summed E-state index contributed by atoms with van der Waals surface area (Å²) in [6.07, 6.45) is 1.49. The highest BCUT2D eigenvalue weighted by Gasteiger charge is 2.10. The molecule has 0 aliphatic carbocycles. The molecule has 0 aromatic carbocycles. The van der Waals surface area contributed by atoms with Crippen molar-refractivity contribution < 1.29 is 4.74 Å². The predicted octanol–water partition coefficient (Wildman–Crippen LogP) is -0.330. The molecule has 0 amide bonds. The maximum Gasteiger partial charge on any atom is 0.314 e. The largest absolute Gasteiger partial charge is 0.462 e. The minimum atomic E-state index is 0.644. The third-order valence-electron chi connectivity index (χ3n) is 1.11. The lowest BCUT2D eigenvalue weighted by Crippen LogP contribution is -1.93. The van der Waals surface area contributed by atoms with Crippen molar-refractivity contribution in [2.45, 2.75) is 6.54 Å². The summed E-state index contributed by atoms with van der Waals surface area (Å²) in [7, 11) is 0. The fourth-order valence-electron chi connectivity index (χ4n) is 0.742. The van der Waals surface area contributed by atoms with Crippen molar-refractivity contribution in [2.24, 2.45) is 0 Å². The van der Waals surface area contributed by atoms with Crippen LogP contribution >= 0.6 is 0 Å². The maximum absolute atomic E-state index is 5.03. The molecule has 1 aromatic heterocycles. The van der Waals surface area contributed by atoms with E-state index in [1.165, 1.54) is 6.33 Å². The monoisotopic (exact) mass is 111 g/mol. The molecule has 2 rings (SSSR count). The lowest BCUT2D eigenvalue weighted by Gasteiger charge is -1.83. The molecule has 1 aliphatic rings. The van der Waals surface area contributed by atoms with Crippen LogP contribution in [0.4, 0.5) is 0 Å². The van der Waals surface area contributed by atoms with Crippen LogP contribution in [0.3, 0.4) is 0 Å². The Morgan fingerprint density at radius 1 is 1.75 bits per heavy atom. The minimum absolute atomic E-state index is 0.644. The van der Waals surface area contributed by atoms with Crippen LogP contribution in [0.2, 0.25) is 0 Å². The SMILES string of the molecule is c1nc2n(n1)CCO2. The van der Waals surface area contributed by atoms with Crippen molar-refractivity contribution in [3.8, 4) is 6.01 Å². The highest BCUT2D eigenvalue weighted by Crippen LogP contribution is 2.09. The van der Waals surface area contributed by atoms with Gasteiger partial charge in [-0.3, -0.25) is 0 Å². The fourth-order valence-corrected chi connectivity index (χ4v) is 0.742. The van der Waals surface area contributed by atoms with Gasteiger partial charge in [0, 0.05) is 0 Å². The van der Waals surface area contributed by atoms with Crippen LogP contribution in [0.1, 0.15) is 0 Å². The van der Waals surface area contributed by atoms with Gasteiger partial charge < -0.3 is 4.74 Å². The first-order valence-corrected chi connectivity index (χ1v) is 2.47. The van der Waals surface area contributed by atoms with Gasteiger partial charge in [-0.15, -0.1) is 0 Å². The average Bonchev–Trinajstić information content (AvgIpc) is 2.15. The second-order valence-electron chi connectivity index (χ2n) is 1.61. The second kappa shape index (κ2) is 1.21. The van der Waals surface area contributed by atoms with E-state index in [0.717, 1.165) is 13.2 Å². The third kappa shape index (κ3) is 0.344. The average molecular weight is 111 g/mol. The van der Waals surface area contributed by atoms with Crippen molar-refractivity contribution in [1.82, 2.24) is 14.8 Å². The third-order valence-corrected chi connectivity index (χ3v) is 1.11. The Kier molecular flexibility index (Phi) is 0.588. The first-order chi connectivity index (χ1) is 3.97. The summed E-state index contributed by atoms with van der Waals surface area (Å²) in [6, 6.07) is 0.644. The molecule has 0 radical (unpaired) electrons. The van der Waals surface area contributed by atoms with Crippen molar-refractivity contribution in [2.75, 3.05) is 6.61 Å².